The van der Waals surface area contributed by atoms with Crippen molar-refractivity contribution in [1.29, 1.82) is 0 Å². The van der Waals surface area contributed by atoms with Crippen molar-refractivity contribution < 1.29 is 14.5 Å². The Kier molecular flexibility index (Phi) is 1.41. The number of ether oxygens (including phenoxy) is 1. The van der Waals surface area contributed by atoms with Crippen LogP contribution in [0.2, 0.25) is 0 Å². The highest BCUT2D eigenvalue weighted by Gasteiger charge is 2.33. The van der Waals surface area contributed by atoms with E-state index in [2.05, 4.69) is 0 Å². The van der Waals surface area contributed by atoms with Gasteiger partial charge in [-0.15, -0.1) is 0 Å². The predicted octanol–water partition coefficient (Wildman–Crippen LogP) is 0.496. The molecule has 2 aliphatic heterocycles. The maximum atomic E-state index is 5.35. The summed E-state index contributed by atoms with van der Waals surface area (Å²) in [5.41, 5.74) is 0. The Morgan fingerprint density at radius 3 is 3.11 bits per heavy atom. The Morgan fingerprint density at radius 1 is 1.22 bits per heavy atom. The SMILES string of the molecule is C1COC2COOC2C1. The van der Waals surface area contributed by atoms with Crippen LogP contribution < -0.4 is 0 Å². The number of hydrogen-bond donors (Lipinski definition) is 0. The van der Waals surface area contributed by atoms with Crippen LogP contribution in [0, 0.1) is 0 Å². The second-order valence-electron chi connectivity index (χ2n) is 2.47. The summed E-state index contributed by atoms with van der Waals surface area (Å²) in [5.74, 6) is 0. The lowest BCUT2D eigenvalue weighted by molar-refractivity contribution is -0.277. The molecule has 0 radical (unpaired) electrons. The smallest absolute Gasteiger partial charge is 0.121 e. The quantitative estimate of drug-likeness (QED) is 0.447. The van der Waals surface area contributed by atoms with Crippen molar-refractivity contribution in [2.75, 3.05) is 13.2 Å². The second kappa shape index (κ2) is 2.25. The normalized spacial score (nSPS) is 42.7. The van der Waals surface area contributed by atoms with E-state index in [0.29, 0.717) is 6.61 Å². The molecule has 0 aromatic heterocycles. The van der Waals surface area contributed by atoms with E-state index < -0.39 is 0 Å². The van der Waals surface area contributed by atoms with Crippen LogP contribution in [0.25, 0.3) is 0 Å². The van der Waals surface area contributed by atoms with Gasteiger partial charge in [0.15, 0.2) is 0 Å². The van der Waals surface area contributed by atoms with Crippen molar-refractivity contribution >= 4 is 0 Å². The highest BCUT2D eigenvalue weighted by atomic mass is 17.2. The first-order chi connectivity index (χ1) is 4.47. The van der Waals surface area contributed by atoms with E-state index >= 15 is 0 Å². The van der Waals surface area contributed by atoms with Crippen LogP contribution in [0.1, 0.15) is 12.8 Å². The van der Waals surface area contributed by atoms with Gasteiger partial charge in [0.2, 0.25) is 0 Å². The Balaban J connectivity index is 1.97. The lowest BCUT2D eigenvalue weighted by Crippen LogP contribution is -2.31. The topological polar surface area (TPSA) is 27.7 Å². The summed E-state index contributed by atoms with van der Waals surface area (Å²) < 4.78 is 5.35. The zero-order valence-electron chi connectivity index (χ0n) is 5.21. The van der Waals surface area contributed by atoms with Gasteiger partial charge >= 0.3 is 0 Å². The van der Waals surface area contributed by atoms with Gasteiger partial charge in [-0.05, 0) is 12.8 Å². The van der Waals surface area contributed by atoms with Gasteiger partial charge < -0.3 is 4.74 Å². The molecule has 2 heterocycles. The Bertz CT molecular complexity index is 92.5. The first-order valence-electron chi connectivity index (χ1n) is 3.37. The zero-order chi connectivity index (χ0) is 6.10. The Labute approximate surface area is 53.8 Å². The molecule has 0 saturated carbocycles. The van der Waals surface area contributed by atoms with Crippen LogP contribution in [0.4, 0.5) is 0 Å². The standard InChI is InChI=1S/C6H10O3/c1-2-5-6(7-3-1)4-8-9-5/h5-6H,1-4H2. The van der Waals surface area contributed by atoms with E-state index in [0.717, 1.165) is 19.4 Å². The van der Waals surface area contributed by atoms with E-state index in [9.17, 15) is 0 Å². The van der Waals surface area contributed by atoms with Gasteiger partial charge in [0, 0.05) is 6.61 Å². The van der Waals surface area contributed by atoms with Gasteiger partial charge in [-0.3, -0.25) is 0 Å². The molecule has 52 valence electrons. The fourth-order valence-corrected chi connectivity index (χ4v) is 1.27. The van der Waals surface area contributed by atoms with E-state index in [1.807, 2.05) is 0 Å². The lowest BCUT2D eigenvalue weighted by atomic mass is 10.1. The van der Waals surface area contributed by atoms with Crippen LogP contribution in [-0.2, 0) is 14.5 Å². The summed E-state index contributed by atoms with van der Waals surface area (Å²) in [6.45, 7) is 1.48. The third-order valence-corrected chi connectivity index (χ3v) is 1.80. The van der Waals surface area contributed by atoms with Crippen molar-refractivity contribution in [3.63, 3.8) is 0 Å². The van der Waals surface area contributed by atoms with E-state index in [4.69, 9.17) is 14.5 Å². The van der Waals surface area contributed by atoms with E-state index in [1.165, 1.54) is 0 Å². The first kappa shape index (κ1) is 5.65. The molecule has 2 rings (SSSR count). The van der Waals surface area contributed by atoms with Crippen LogP contribution in [0.15, 0.2) is 0 Å². The fourth-order valence-electron chi connectivity index (χ4n) is 1.27. The van der Waals surface area contributed by atoms with Gasteiger partial charge in [-0.25, -0.2) is 9.78 Å². The van der Waals surface area contributed by atoms with Gasteiger partial charge in [0.25, 0.3) is 0 Å². The minimum absolute atomic E-state index is 0.221. The average Bonchev–Trinajstić information content (AvgIpc) is 2.33. The van der Waals surface area contributed by atoms with Gasteiger partial charge in [0.1, 0.15) is 18.8 Å². The van der Waals surface area contributed by atoms with Gasteiger partial charge in [-0.1, -0.05) is 0 Å². The molecule has 2 fully saturated rings. The molecule has 0 aromatic carbocycles. The lowest BCUT2D eigenvalue weighted by Gasteiger charge is -2.21. The largest absolute Gasteiger partial charge is 0.373 e. The zero-order valence-corrected chi connectivity index (χ0v) is 5.21. The first-order valence-corrected chi connectivity index (χ1v) is 3.37. The van der Waals surface area contributed by atoms with E-state index in [1.54, 1.807) is 0 Å². The molecule has 2 atom stereocenters. The summed E-state index contributed by atoms with van der Waals surface area (Å²) in [6.07, 6.45) is 2.63. The predicted molar refractivity (Wildman–Crippen MR) is 29.8 cm³/mol. The number of hydrogen-bond acceptors (Lipinski definition) is 3. The summed E-state index contributed by atoms with van der Waals surface area (Å²) >= 11 is 0. The molecule has 2 aliphatic rings. The minimum Gasteiger partial charge on any atom is -0.373 e. The van der Waals surface area contributed by atoms with Crippen LogP contribution >= 0.6 is 0 Å². The highest BCUT2D eigenvalue weighted by Crippen LogP contribution is 2.22. The van der Waals surface area contributed by atoms with Crippen LogP contribution in [0.3, 0.4) is 0 Å². The molecule has 0 amide bonds. The maximum absolute atomic E-state index is 5.35. The third kappa shape index (κ3) is 0.956. The Hall–Kier alpha value is -0.120. The monoisotopic (exact) mass is 130 g/mol. The molecule has 0 aromatic rings. The summed E-state index contributed by atoms with van der Waals surface area (Å²) in [7, 11) is 0. The number of fused-ring (bicyclic) bond motifs is 1. The van der Waals surface area contributed by atoms with Crippen LogP contribution in [0.5, 0.6) is 0 Å². The molecule has 0 spiro atoms. The van der Waals surface area contributed by atoms with Crippen molar-refractivity contribution in [2.24, 2.45) is 0 Å². The minimum atomic E-state index is 0.221. The van der Waals surface area contributed by atoms with E-state index in [-0.39, 0.29) is 12.2 Å². The molecule has 0 bridgehead atoms. The molecular formula is C6H10O3. The van der Waals surface area contributed by atoms with Crippen molar-refractivity contribution in [1.82, 2.24) is 0 Å². The molecule has 3 heteroatoms. The highest BCUT2D eigenvalue weighted by molar-refractivity contribution is 4.75. The molecular weight excluding hydrogens is 120 g/mol. The summed E-state index contributed by atoms with van der Waals surface area (Å²) in [4.78, 5) is 9.70. The van der Waals surface area contributed by atoms with Crippen molar-refractivity contribution in [2.45, 2.75) is 25.0 Å². The molecule has 9 heavy (non-hydrogen) atoms. The fraction of sp³-hybridized carbons (Fsp3) is 1.00. The van der Waals surface area contributed by atoms with Gasteiger partial charge in [0.05, 0.1) is 0 Å². The van der Waals surface area contributed by atoms with Gasteiger partial charge in [-0.2, -0.15) is 0 Å². The second-order valence-corrected chi connectivity index (χ2v) is 2.47. The van der Waals surface area contributed by atoms with Crippen molar-refractivity contribution in [3.05, 3.63) is 0 Å². The Morgan fingerprint density at radius 2 is 2.22 bits per heavy atom. The summed E-state index contributed by atoms with van der Waals surface area (Å²) in [6, 6.07) is 0. The van der Waals surface area contributed by atoms with Crippen molar-refractivity contribution in [3.8, 4) is 0 Å². The third-order valence-electron chi connectivity index (χ3n) is 1.80. The number of rotatable bonds is 0. The molecule has 2 unspecified atom stereocenters. The molecule has 2 saturated heterocycles. The summed E-state index contributed by atoms with van der Waals surface area (Å²) in [5, 5.41) is 0. The van der Waals surface area contributed by atoms with Crippen LogP contribution in [-0.4, -0.2) is 25.4 Å². The maximum Gasteiger partial charge on any atom is 0.121 e. The molecule has 3 nitrogen and oxygen atoms in total. The molecule has 0 aliphatic carbocycles. The molecule has 0 N–H and O–H groups in total. The average molecular weight is 130 g/mol.